The van der Waals surface area contributed by atoms with Gasteiger partial charge in [0.2, 0.25) is 0 Å². The first kappa shape index (κ1) is 11.4. The molecule has 6 heteroatoms. The molecule has 2 aromatic heterocycles. The monoisotopic (exact) mass is 247 g/mol. The molecular weight excluding hydrogens is 230 g/mol. The fourth-order valence-electron chi connectivity index (χ4n) is 2.38. The zero-order valence-corrected chi connectivity index (χ0v) is 10.4. The number of piperazine rings is 1. The Kier molecular flexibility index (Phi) is 2.89. The van der Waals surface area contributed by atoms with Crippen LogP contribution in [0.4, 0.5) is 0 Å². The van der Waals surface area contributed by atoms with Crippen molar-refractivity contribution in [1.82, 2.24) is 24.8 Å². The third-order valence-corrected chi connectivity index (χ3v) is 3.44. The van der Waals surface area contributed by atoms with Crippen molar-refractivity contribution in [2.45, 2.75) is 19.5 Å². The quantitative estimate of drug-likeness (QED) is 0.772. The van der Waals surface area contributed by atoms with E-state index in [9.17, 15) is 4.79 Å². The van der Waals surface area contributed by atoms with Gasteiger partial charge in [0.1, 0.15) is 0 Å². The average molecular weight is 247 g/mol. The van der Waals surface area contributed by atoms with Crippen molar-refractivity contribution in [3.05, 3.63) is 34.4 Å². The van der Waals surface area contributed by atoms with Crippen LogP contribution in [0.2, 0.25) is 0 Å². The lowest BCUT2D eigenvalue weighted by Gasteiger charge is -2.33. The Balaban J connectivity index is 1.87. The van der Waals surface area contributed by atoms with Crippen molar-refractivity contribution < 1.29 is 0 Å². The van der Waals surface area contributed by atoms with Gasteiger partial charge in [-0.15, -0.1) is 0 Å². The van der Waals surface area contributed by atoms with Gasteiger partial charge in [0.15, 0.2) is 5.65 Å². The van der Waals surface area contributed by atoms with E-state index in [1.54, 1.807) is 12.3 Å². The van der Waals surface area contributed by atoms with Gasteiger partial charge in [0.05, 0.1) is 5.69 Å². The lowest BCUT2D eigenvalue weighted by molar-refractivity contribution is 0.164. The van der Waals surface area contributed by atoms with Crippen LogP contribution in [0.5, 0.6) is 0 Å². The Morgan fingerprint density at radius 3 is 3.28 bits per heavy atom. The number of rotatable bonds is 2. The van der Waals surface area contributed by atoms with Crippen LogP contribution in [0.25, 0.3) is 5.65 Å². The molecular formula is C12H17N5O. The van der Waals surface area contributed by atoms with Crippen molar-refractivity contribution in [3.63, 3.8) is 0 Å². The molecule has 96 valence electrons. The molecule has 1 saturated heterocycles. The van der Waals surface area contributed by atoms with Crippen LogP contribution in [0.15, 0.2) is 23.1 Å². The number of hydrogen-bond acceptors (Lipinski definition) is 4. The van der Waals surface area contributed by atoms with Crippen LogP contribution >= 0.6 is 0 Å². The van der Waals surface area contributed by atoms with Gasteiger partial charge in [-0.2, -0.15) is 0 Å². The lowest BCUT2D eigenvalue weighted by atomic mass is 10.2. The highest BCUT2D eigenvalue weighted by atomic mass is 16.1. The standard InChI is InChI=1S/C12H17N5O/c1-9-7-13-4-5-16(9)8-10-6-12(18)17-11(15-10)2-3-14-17/h2-3,6,9,13-14H,4-5,7-8H2,1H3/t9-/m0/s1. The van der Waals surface area contributed by atoms with E-state index in [-0.39, 0.29) is 5.56 Å². The zero-order chi connectivity index (χ0) is 12.5. The van der Waals surface area contributed by atoms with E-state index in [0.29, 0.717) is 11.7 Å². The largest absolute Gasteiger partial charge is 0.314 e. The molecule has 0 aromatic carbocycles. The van der Waals surface area contributed by atoms with Crippen molar-refractivity contribution in [1.29, 1.82) is 0 Å². The molecule has 3 heterocycles. The highest BCUT2D eigenvalue weighted by Crippen LogP contribution is 2.08. The van der Waals surface area contributed by atoms with Crippen LogP contribution in [-0.2, 0) is 6.54 Å². The fourth-order valence-corrected chi connectivity index (χ4v) is 2.38. The summed E-state index contributed by atoms with van der Waals surface area (Å²) in [5.74, 6) is 0. The van der Waals surface area contributed by atoms with E-state index >= 15 is 0 Å². The summed E-state index contributed by atoms with van der Waals surface area (Å²) in [4.78, 5) is 18.7. The third kappa shape index (κ3) is 2.04. The molecule has 18 heavy (non-hydrogen) atoms. The minimum absolute atomic E-state index is 0.0530. The summed E-state index contributed by atoms with van der Waals surface area (Å²) in [7, 11) is 0. The van der Waals surface area contributed by atoms with E-state index < -0.39 is 0 Å². The van der Waals surface area contributed by atoms with E-state index in [4.69, 9.17) is 0 Å². The maximum Gasteiger partial charge on any atom is 0.272 e. The molecule has 0 aliphatic carbocycles. The van der Waals surface area contributed by atoms with E-state index in [1.165, 1.54) is 4.52 Å². The molecule has 0 bridgehead atoms. The zero-order valence-electron chi connectivity index (χ0n) is 10.4. The van der Waals surface area contributed by atoms with Crippen molar-refractivity contribution >= 4 is 5.65 Å². The summed E-state index contributed by atoms with van der Waals surface area (Å²) in [6, 6.07) is 3.90. The van der Waals surface area contributed by atoms with Crippen LogP contribution in [0, 0.1) is 0 Å². The number of aromatic nitrogens is 3. The Bertz CT molecular complexity index is 602. The minimum atomic E-state index is -0.0530. The topological polar surface area (TPSA) is 65.4 Å². The second-order valence-electron chi connectivity index (χ2n) is 4.77. The Hall–Kier alpha value is -1.66. The molecule has 1 atom stereocenters. The van der Waals surface area contributed by atoms with Gasteiger partial charge in [-0.25, -0.2) is 9.50 Å². The van der Waals surface area contributed by atoms with Gasteiger partial charge >= 0.3 is 0 Å². The second kappa shape index (κ2) is 4.55. The van der Waals surface area contributed by atoms with Crippen LogP contribution in [-0.4, -0.2) is 45.2 Å². The smallest absolute Gasteiger partial charge is 0.272 e. The molecule has 1 aliphatic heterocycles. The summed E-state index contributed by atoms with van der Waals surface area (Å²) in [5.41, 5.74) is 1.47. The summed E-state index contributed by atoms with van der Waals surface area (Å²) in [6.45, 7) is 5.91. The number of nitrogens with one attached hydrogen (secondary N) is 2. The van der Waals surface area contributed by atoms with Crippen molar-refractivity contribution in [2.24, 2.45) is 0 Å². The maximum absolute atomic E-state index is 11.8. The van der Waals surface area contributed by atoms with E-state index in [0.717, 1.165) is 31.9 Å². The number of aromatic amines is 1. The van der Waals surface area contributed by atoms with E-state index in [1.807, 2.05) is 6.07 Å². The van der Waals surface area contributed by atoms with Crippen molar-refractivity contribution in [3.8, 4) is 0 Å². The SMILES string of the molecule is C[C@H]1CNCCN1Cc1cc(=O)n2[nH]ccc2n1. The minimum Gasteiger partial charge on any atom is -0.314 e. The summed E-state index contributed by atoms with van der Waals surface area (Å²) >= 11 is 0. The highest BCUT2D eigenvalue weighted by Gasteiger charge is 2.18. The molecule has 1 aliphatic rings. The Morgan fingerprint density at radius 1 is 1.56 bits per heavy atom. The van der Waals surface area contributed by atoms with Gasteiger partial charge in [0.25, 0.3) is 5.56 Å². The second-order valence-corrected chi connectivity index (χ2v) is 4.77. The molecule has 0 spiro atoms. The van der Waals surface area contributed by atoms with E-state index in [2.05, 4.69) is 27.2 Å². The highest BCUT2D eigenvalue weighted by molar-refractivity contribution is 5.36. The Morgan fingerprint density at radius 2 is 2.44 bits per heavy atom. The van der Waals surface area contributed by atoms with Gasteiger partial charge in [-0.3, -0.25) is 14.8 Å². The molecule has 0 radical (unpaired) electrons. The van der Waals surface area contributed by atoms with Crippen LogP contribution in [0.1, 0.15) is 12.6 Å². The van der Waals surface area contributed by atoms with Gasteiger partial charge < -0.3 is 5.32 Å². The molecule has 1 fully saturated rings. The summed E-state index contributed by atoms with van der Waals surface area (Å²) < 4.78 is 1.45. The number of fused-ring (bicyclic) bond motifs is 1. The average Bonchev–Trinajstić information content (AvgIpc) is 2.81. The predicted molar refractivity (Wildman–Crippen MR) is 68.6 cm³/mol. The van der Waals surface area contributed by atoms with Gasteiger partial charge in [-0.05, 0) is 6.92 Å². The number of H-pyrrole nitrogens is 1. The van der Waals surface area contributed by atoms with Crippen LogP contribution in [0.3, 0.4) is 0 Å². The molecule has 0 unspecified atom stereocenters. The number of nitrogens with zero attached hydrogens (tertiary/aromatic N) is 3. The molecule has 6 nitrogen and oxygen atoms in total. The van der Waals surface area contributed by atoms with Crippen molar-refractivity contribution in [2.75, 3.05) is 19.6 Å². The summed E-state index contributed by atoms with van der Waals surface area (Å²) in [6.07, 6.45) is 1.72. The maximum atomic E-state index is 11.8. The first-order valence-corrected chi connectivity index (χ1v) is 6.25. The van der Waals surface area contributed by atoms with Crippen LogP contribution < -0.4 is 10.9 Å². The molecule has 2 N–H and O–H groups in total. The fraction of sp³-hybridized carbons (Fsp3) is 0.500. The normalized spacial score (nSPS) is 21.5. The number of hydrogen-bond donors (Lipinski definition) is 2. The molecule has 2 aromatic rings. The van der Waals surface area contributed by atoms with Gasteiger partial charge in [-0.1, -0.05) is 0 Å². The molecule has 0 amide bonds. The third-order valence-electron chi connectivity index (χ3n) is 3.44. The molecule has 3 rings (SSSR count). The predicted octanol–water partition coefficient (Wildman–Crippen LogP) is -0.184. The first-order chi connectivity index (χ1) is 8.74. The first-order valence-electron chi connectivity index (χ1n) is 6.25. The molecule has 0 saturated carbocycles. The van der Waals surface area contributed by atoms with Gasteiger partial charge in [0, 0.05) is 50.6 Å². The lowest BCUT2D eigenvalue weighted by Crippen LogP contribution is -2.49. The Labute approximate surface area is 105 Å². The summed E-state index contributed by atoms with van der Waals surface area (Å²) in [5, 5.41) is 6.20.